The minimum atomic E-state index is -4.32. The van der Waals surface area contributed by atoms with Crippen molar-refractivity contribution in [1.82, 2.24) is 10.2 Å². The topological polar surface area (TPSA) is 86.8 Å². The molecule has 0 aromatic heterocycles. The van der Waals surface area contributed by atoms with Gasteiger partial charge in [0.25, 0.3) is 10.0 Å². The summed E-state index contributed by atoms with van der Waals surface area (Å²) in [7, 11) is -2.85. The monoisotopic (exact) mass is 691 g/mol. The molecule has 0 fully saturated rings. The van der Waals surface area contributed by atoms with Crippen LogP contribution >= 0.6 is 46.4 Å². The number of sulfonamides is 1. The Morgan fingerprint density at radius 3 is 1.98 bits per heavy atom. The van der Waals surface area contributed by atoms with Gasteiger partial charge in [0.1, 0.15) is 12.6 Å². The summed E-state index contributed by atoms with van der Waals surface area (Å²) < 4.78 is 29.1. The third-order valence-electron chi connectivity index (χ3n) is 6.93. The first-order valence-corrected chi connectivity index (χ1v) is 16.4. The Hall–Kier alpha value is -3.27. The minimum absolute atomic E-state index is 0.0418. The molecule has 44 heavy (non-hydrogen) atoms. The lowest BCUT2D eigenvalue weighted by molar-refractivity contribution is -0.139. The van der Waals surface area contributed by atoms with Gasteiger partial charge in [-0.25, -0.2) is 8.42 Å². The highest BCUT2D eigenvalue weighted by atomic mass is 35.5. The van der Waals surface area contributed by atoms with Gasteiger partial charge in [0.05, 0.1) is 10.6 Å². The van der Waals surface area contributed by atoms with E-state index in [1.165, 1.54) is 42.3 Å². The van der Waals surface area contributed by atoms with Gasteiger partial charge in [-0.15, -0.1) is 0 Å². The molecule has 0 heterocycles. The molecular weight excluding hydrogens is 664 g/mol. The minimum Gasteiger partial charge on any atom is -0.357 e. The van der Waals surface area contributed by atoms with Crippen molar-refractivity contribution in [3.63, 3.8) is 0 Å². The van der Waals surface area contributed by atoms with Crippen molar-refractivity contribution in [3.05, 3.63) is 128 Å². The second-order valence-corrected chi connectivity index (χ2v) is 13.5. The van der Waals surface area contributed by atoms with Crippen LogP contribution in [0.1, 0.15) is 16.7 Å². The van der Waals surface area contributed by atoms with E-state index in [1.807, 2.05) is 37.3 Å². The quantitative estimate of drug-likeness (QED) is 0.180. The number of hydrogen-bond acceptors (Lipinski definition) is 4. The highest BCUT2D eigenvalue weighted by Gasteiger charge is 2.35. The van der Waals surface area contributed by atoms with Gasteiger partial charge in [0.2, 0.25) is 11.8 Å². The second kappa shape index (κ2) is 14.7. The van der Waals surface area contributed by atoms with E-state index in [2.05, 4.69) is 5.32 Å². The molecular formula is C32H29Cl4N3O4S. The zero-order valence-corrected chi connectivity index (χ0v) is 27.6. The number of nitrogens with zero attached hydrogens (tertiary/aromatic N) is 2. The number of benzene rings is 4. The van der Waals surface area contributed by atoms with Crippen LogP contribution in [0.2, 0.25) is 20.1 Å². The fourth-order valence-electron chi connectivity index (χ4n) is 4.62. The average molecular weight is 693 g/mol. The Balaban J connectivity index is 1.84. The van der Waals surface area contributed by atoms with E-state index in [9.17, 15) is 18.0 Å². The van der Waals surface area contributed by atoms with Crippen LogP contribution in [-0.4, -0.2) is 44.8 Å². The lowest BCUT2D eigenvalue weighted by Gasteiger charge is -2.34. The van der Waals surface area contributed by atoms with Crippen molar-refractivity contribution in [1.29, 1.82) is 0 Å². The van der Waals surface area contributed by atoms with E-state index in [0.29, 0.717) is 5.56 Å². The SMILES string of the molecule is CNC(=O)[C@H](Cc1ccccc1)N(Cc1c(Cl)cccc1Cl)C(=O)CN(c1cc(Cl)cc(Cl)c1)S(=O)(=O)c1ccc(C)cc1. The van der Waals surface area contributed by atoms with Crippen LogP contribution in [0.5, 0.6) is 0 Å². The summed E-state index contributed by atoms with van der Waals surface area (Å²) in [6.45, 7) is 0.978. The number of amides is 2. The van der Waals surface area contributed by atoms with Gasteiger partial charge in [-0.3, -0.25) is 13.9 Å². The number of anilines is 1. The van der Waals surface area contributed by atoms with E-state index in [0.717, 1.165) is 15.4 Å². The van der Waals surface area contributed by atoms with Crippen molar-refractivity contribution in [2.45, 2.75) is 30.8 Å². The largest absolute Gasteiger partial charge is 0.357 e. The van der Waals surface area contributed by atoms with Gasteiger partial charge in [0, 0.05) is 45.7 Å². The second-order valence-electron chi connectivity index (χ2n) is 9.99. The average Bonchev–Trinajstić information content (AvgIpc) is 2.98. The molecule has 4 rings (SSSR count). The van der Waals surface area contributed by atoms with E-state index >= 15 is 0 Å². The molecule has 0 unspecified atom stereocenters. The summed E-state index contributed by atoms with van der Waals surface area (Å²) in [5, 5.41) is 3.56. The number of aryl methyl sites for hydroxylation is 1. The van der Waals surface area contributed by atoms with E-state index < -0.39 is 34.4 Å². The van der Waals surface area contributed by atoms with Gasteiger partial charge < -0.3 is 10.2 Å². The molecule has 2 amide bonds. The summed E-state index contributed by atoms with van der Waals surface area (Å²) in [4.78, 5) is 29.0. The molecule has 0 aliphatic heterocycles. The Bertz CT molecular complexity index is 1710. The van der Waals surface area contributed by atoms with Gasteiger partial charge in [-0.1, -0.05) is 100 Å². The molecule has 0 aliphatic carbocycles. The lowest BCUT2D eigenvalue weighted by Crippen LogP contribution is -2.53. The lowest BCUT2D eigenvalue weighted by atomic mass is 10.0. The number of hydrogen-bond donors (Lipinski definition) is 1. The van der Waals surface area contributed by atoms with E-state index in [4.69, 9.17) is 46.4 Å². The molecule has 1 N–H and O–H groups in total. The molecule has 4 aromatic rings. The number of nitrogens with one attached hydrogen (secondary N) is 1. The summed E-state index contributed by atoms with van der Waals surface area (Å²) in [5.74, 6) is -1.14. The molecule has 0 bridgehead atoms. The third-order valence-corrected chi connectivity index (χ3v) is 9.86. The number of carbonyl (C=O) groups is 2. The molecule has 0 spiro atoms. The van der Waals surface area contributed by atoms with Crippen LogP contribution < -0.4 is 9.62 Å². The number of carbonyl (C=O) groups excluding carboxylic acids is 2. The molecule has 0 saturated carbocycles. The van der Waals surface area contributed by atoms with Crippen LogP contribution in [0, 0.1) is 6.92 Å². The van der Waals surface area contributed by atoms with E-state index in [1.54, 1.807) is 30.3 Å². The van der Waals surface area contributed by atoms with Gasteiger partial charge >= 0.3 is 0 Å². The molecule has 0 saturated heterocycles. The van der Waals surface area contributed by atoms with Crippen molar-refractivity contribution in [2.24, 2.45) is 0 Å². The van der Waals surface area contributed by atoms with E-state index in [-0.39, 0.29) is 43.6 Å². The fourth-order valence-corrected chi connectivity index (χ4v) is 7.05. The Kier molecular flexibility index (Phi) is 11.2. The Morgan fingerprint density at radius 2 is 1.41 bits per heavy atom. The van der Waals surface area contributed by atoms with Crippen LogP contribution in [0.15, 0.2) is 95.9 Å². The standard InChI is InChI=1S/C32H29Cl4N3O4S/c1-21-11-13-26(14-12-21)44(42,43)39(25-17-23(33)16-24(34)18-25)20-31(40)38(19-27-28(35)9-6-10-29(27)36)30(32(41)37-2)15-22-7-4-3-5-8-22/h3-14,16-18,30H,15,19-20H2,1-2H3,(H,37,41)/t30-/m0/s1. The fraction of sp³-hybridized carbons (Fsp3) is 0.188. The number of halogens is 4. The maximum atomic E-state index is 14.4. The molecule has 12 heteroatoms. The smallest absolute Gasteiger partial charge is 0.264 e. The van der Waals surface area contributed by atoms with Crippen molar-refractivity contribution in [2.75, 3.05) is 17.9 Å². The molecule has 7 nitrogen and oxygen atoms in total. The molecule has 230 valence electrons. The first-order chi connectivity index (χ1) is 20.9. The molecule has 0 aliphatic rings. The summed E-state index contributed by atoms with van der Waals surface area (Å²) in [6, 6.07) is 23.5. The zero-order chi connectivity index (χ0) is 32.0. The Morgan fingerprint density at radius 1 is 0.818 bits per heavy atom. The normalized spacial score (nSPS) is 12.0. The van der Waals surface area contributed by atoms with Crippen LogP contribution in [0.4, 0.5) is 5.69 Å². The summed E-state index contributed by atoms with van der Waals surface area (Å²) in [5.41, 5.74) is 2.13. The molecule has 0 radical (unpaired) electrons. The highest BCUT2D eigenvalue weighted by molar-refractivity contribution is 7.92. The van der Waals surface area contributed by atoms with Gasteiger partial charge in [-0.05, 0) is 55.0 Å². The maximum Gasteiger partial charge on any atom is 0.264 e. The van der Waals surface area contributed by atoms with Crippen molar-refractivity contribution in [3.8, 4) is 0 Å². The highest BCUT2D eigenvalue weighted by Crippen LogP contribution is 2.31. The van der Waals surface area contributed by atoms with Gasteiger partial charge in [-0.2, -0.15) is 0 Å². The van der Waals surface area contributed by atoms with Crippen LogP contribution in [-0.2, 0) is 32.6 Å². The first-order valence-electron chi connectivity index (χ1n) is 13.4. The van der Waals surface area contributed by atoms with Gasteiger partial charge in [0.15, 0.2) is 0 Å². The summed E-state index contributed by atoms with van der Waals surface area (Å²) in [6.07, 6.45) is 0.141. The molecule has 4 aromatic carbocycles. The maximum absolute atomic E-state index is 14.4. The predicted octanol–water partition coefficient (Wildman–Crippen LogP) is 7.19. The predicted molar refractivity (Wildman–Crippen MR) is 177 cm³/mol. The third kappa shape index (κ3) is 8.06. The number of likely N-dealkylation sites (N-methyl/N-ethyl adjacent to an activating group) is 1. The zero-order valence-electron chi connectivity index (χ0n) is 23.8. The van der Waals surface area contributed by atoms with Crippen LogP contribution in [0.25, 0.3) is 0 Å². The number of rotatable bonds is 11. The Labute approximate surface area is 277 Å². The summed E-state index contributed by atoms with van der Waals surface area (Å²) >= 11 is 25.5. The van der Waals surface area contributed by atoms with Crippen molar-refractivity contribution < 1.29 is 18.0 Å². The van der Waals surface area contributed by atoms with Crippen LogP contribution in [0.3, 0.4) is 0 Å². The first kappa shape index (κ1) is 33.6. The molecule has 1 atom stereocenters. The van der Waals surface area contributed by atoms with Crippen molar-refractivity contribution >= 4 is 73.9 Å².